The van der Waals surface area contributed by atoms with Gasteiger partial charge in [-0.25, -0.2) is 0 Å². The van der Waals surface area contributed by atoms with Crippen LogP contribution in [0.1, 0.15) is 5.56 Å². The van der Waals surface area contributed by atoms with Gasteiger partial charge in [-0.05, 0) is 31.8 Å². The summed E-state index contributed by atoms with van der Waals surface area (Å²) in [7, 11) is 3.73. The zero-order valence-electron chi connectivity index (χ0n) is 13.1. The number of anilines is 1. The van der Waals surface area contributed by atoms with Crippen LogP contribution >= 0.6 is 0 Å². The van der Waals surface area contributed by atoms with Crippen molar-refractivity contribution in [2.24, 2.45) is 0 Å². The molecule has 0 saturated heterocycles. The van der Waals surface area contributed by atoms with Gasteiger partial charge in [0.1, 0.15) is 5.75 Å². The first kappa shape index (κ1) is 16.0. The number of benzene rings is 2. The molecule has 0 saturated carbocycles. The number of nitrogens with zero attached hydrogens (tertiary/aromatic N) is 1. The summed E-state index contributed by atoms with van der Waals surface area (Å²) in [6, 6.07) is 17.7. The number of hydrogen-bond acceptors (Lipinski definition) is 3. The second-order valence-electron chi connectivity index (χ2n) is 5.40. The van der Waals surface area contributed by atoms with E-state index in [-0.39, 0.29) is 5.91 Å². The quantitative estimate of drug-likeness (QED) is 0.854. The molecule has 2 aromatic carbocycles. The highest BCUT2D eigenvalue weighted by Crippen LogP contribution is 2.17. The fourth-order valence-corrected chi connectivity index (χ4v) is 2.08. The van der Waals surface area contributed by atoms with E-state index in [1.807, 2.05) is 61.5 Å². The lowest BCUT2D eigenvalue weighted by atomic mass is 10.2. The van der Waals surface area contributed by atoms with Crippen molar-refractivity contribution in [3.05, 3.63) is 60.2 Å². The lowest BCUT2D eigenvalue weighted by molar-refractivity contribution is -0.116. The van der Waals surface area contributed by atoms with E-state index in [2.05, 4.69) is 17.4 Å². The molecule has 2 aromatic rings. The van der Waals surface area contributed by atoms with Crippen LogP contribution in [0.15, 0.2) is 54.6 Å². The van der Waals surface area contributed by atoms with Gasteiger partial charge < -0.3 is 15.0 Å². The summed E-state index contributed by atoms with van der Waals surface area (Å²) in [5, 5.41) is 2.86. The zero-order valence-corrected chi connectivity index (χ0v) is 13.1. The Hall–Kier alpha value is -2.33. The lowest BCUT2D eigenvalue weighted by Crippen LogP contribution is -2.27. The Balaban J connectivity index is 1.84. The van der Waals surface area contributed by atoms with Gasteiger partial charge in [-0.3, -0.25) is 4.79 Å². The summed E-state index contributed by atoms with van der Waals surface area (Å²) in [6.07, 6.45) is 0.859. The van der Waals surface area contributed by atoms with E-state index >= 15 is 0 Å². The van der Waals surface area contributed by atoms with Crippen LogP contribution in [0.3, 0.4) is 0 Å². The van der Waals surface area contributed by atoms with Crippen LogP contribution in [0.25, 0.3) is 0 Å². The van der Waals surface area contributed by atoms with Gasteiger partial charge in [0, 0.05) is 18.2 Å². The van der Waals surface area contributed by atoms with Crippen molar-refractivity contribution in [2.75, 3.05) is 32.6 Å². The second kappa shape index (κ2) is 8.20. The first-order chi connectivity index (χ1) is 10.6. The zero-order chi connectivity index (χ0) is 15.8. The van der Waals surface area contributed by atoms with E-state index in [1.54, 1.807) is 0 Å². The maximum absolute atomic E-state index is 11.7. The third-order valence-electron chi connectivity index (χ3n) is 3.08. The van der Waals surface area contributed by atoms with Gasteiger partial charge in [0.2, 0.25) is 5.91 Å². The highest BCUT2D eigenvalue weighted by molar-refractivity contribution is 5.92. The van der Waals surface area contributed by atoms with Gasteiger partial charge in [-0.2, -0.15) is 0 Å². The number of carbonyl (C=O) groups is 1. The van der Waals surface area contributed by atoms with Crippen molar-refractivity contribution >= 4 is 11.6 Å². The number of amides is 1. The Kier molecular flexibility index (Phi) is 5.98. The summed E-state index contributed by atoms with van der Waals surface area (Å²) in [5.41, 5.74) is 2.00. The Morgan fingerprint density at radius 2 is 1.86 bits per heavy atom. The summed E-state index contributed by atoms with van der Waals surface area (Å²) in [6.45, 7) is 0.970. The number of nitrogens with one attached hydrogen (secondary N) is 1. The van der Waals surface area contributed by atoms with Crippen molar-refractivity contribution in [1.29, 1.82) is 0 Å². The lowest BCUT2D eigenvalue weighted by Gasteiger charge is -2.11. The minimum Gasteiger partial charge on any atom is -0.493 e. The van der Waals surface area contributed by atoms with Crippen LogP contribution < -0.4 is 10.1 Å². The fourth-order valence-electron chi connectivity index (χ4n) is 2.08. The van der Waals surface area contributed by atoms with Crippen molar-refractivity contribution in [3.63, 3.8) is 0 Å². The molecule has 4 nitrogen and oxygen atoms in total. The smallest absolute Gasteiger partial charge is 0.238 e. The topological polar surface area (TPSA) is 41.6 Å². The van der Waals surface area contributed by atoms with E-state index in [0.29, 0.717) is 13.2 Å². The van der Waals surface area contributed by atoms with E-state index in [1.165, 1.54) is 5.56 Å². The number of rotatable bonds is 7. The van der Waals surface area contributed by atoms with Gasteiger partial charge >= 0.3 is 0 Å². The third kappa shape index (κ3) is 5.58. The Labute approximate surface area is 131 Å². The van der Waals surface area contributed by atoms with Gasteiger partial charge in [0.25, 0.3) is 0 Å². The third-order valence-corrected chi connectivity index (χ3v) is 3.08. The highest BCUT2D eigenvalue weighted by atomic mass is 16.5. The minimum atomic E-state index is -0.0357. The molecule has 0 aliphatic rings. The second-order valence-corrected chi connectivity index (χ2v) is 5.40. The Morgan fingerprint density at radius 3 is 2.59 bits per heavy atom. The van der Waals surface area contributed by atoms with Gasteiger partial charge in [-0.15, -0.1) is 0 Å². The molecule has 116 valence electrons. The van der Waals surface area contributed by atoms with Crippen LogP contribution in [-0.4, -0.2) is 38.1 Å². The normalized spacial score (nSPS) is 10.5. The van der Waals surface area contributed by atoms with Gasteiger partial charge in [-0.1, -0.05) is 36.4 Å². The fraction of sp³-hybridized carbons (Fsp3) is 0.278. The first-order valence-electron chi connectivity index (χ1n) is 7.35. The van der Waals surface area contributed by atoms with Crippen LogP contribution in [0.5, 0.6) is 5.75 Å². The average molecular weight is 298 g/mol. The van der Waals surface area contributed by atoms with Crippen molar-refractivity contribution in [1.82, 2.24) is 4.90 Å². The average Bonchev–Trinajstić information content (AvgIpc) is 2.48. The molecule has 0 heterocycles. The summed E-state index contributed by atoms with van der Waals surface area (Å²) in [5.74, 6) is 0.727. The molecule has 0 fully saturated rings. The van der Waals surface area contributed by atoms with Crippen molar-refractivity contribution in [2.45, 2.75) is 6.42 Å². The summed E-state index contributed by atoms with van der Waals surface area (Å²) >= 11 is 0. The molecule has 0 spiro atoms. The number of hydrogen-bond donors (Lipinski definition) is 1. The van der Waals surface area contributed by atoms with E-state index in [0.717, 1.165) is 17.9 Å². The standard InChI is InChI=1S/C18H22N2O2/c1-20(2)14-18(21)19-16-9-6-10-17(13-16)22-12-11-15-7-4-3-5-8-15/h3-10,13H,11-12,14H2,1-2H3,(H,19,21). The molecule has 0 aliphatic carbocycles. The van der Waals surface area contributed by atoms with Gasteiger partial charge in [0.05, 0.1) is 13.2 Å². The van der Waals surface area contributed by atoms with Crippen LogP contribution in [-0.2, 0) is 11.2 Å². The van der Waals surface area contributed by atoms with Crippen LogP contribution in [0.4, 0.5) is 5.69 Å². The molecule has 4 heteroatoms. The molecule has 0 bridgehead atoms. The monoisotopic (exact) mass is 298 g/mol. The molecule has 0 atom stereocenters. The highest BCUT2D eigenvalue weighted by Gasteiger charge is 2.04. The van der Waals surface area contributed by atoms with E-state index in [4.69, 9.17) is 4.74 Å². The molecule has 0 aromatic heterocycles. The first-order valence-corrected chi connectivity index (χ1v) is 7.35. The Bertz CT molecular complexity index is 597. The molecule has 1 amide bonds. The SMILES string of the molecule is CN(C)CC(=O)Nc1cccc(OCCc2ccccc2)c1. The molecular weight excluding hydrogens is 276 g/mol. The van der Waals surface area contributed by atoms with Crippen molar-refractivity contribution in [3.8, 4) is 5.75 Å². The number of likely N-dealkylation sites (N-methyl/N-ethyl adjacent to an activating group) is 1. The van der Waals surface area contributed by atoms with Crippen molar-refractivity contribution < 1.29 is 9.53 Å². The minimum absolute atomic E-state index is 0.0357. The predicted octanol–water partition coefficient (Wildman–Crippen LogP) is 2.81. The van der Waals surface area contributed by atoms with Crippen LogP contribution in [0, 0.1) is 0 Å². The molecule has 1 N–H and O–H groups in total. The number of ether oxygens (including phenoxy) is 1. The molecule has 0 aliphatic heterocycles. The predicted molar refractivity (Wildman–Crippen MR) is 89.3 cm³/mol. The number of carbonyl (C=O) groups excluding carboxylic acids is 1. The molecular formula is C18H22N2O2. The molecule has 22 heavy (non-hydrogen) atoms. The summed E-state index contributed by atoms with van der Waals surface area (Å²) < 4.78 is 5.75. The van der Waals surface area contributed by atoms with E-state index < -0.39 is 0 Å². The maximum Gasteiger partial charge on any atom is 0.238 e. The molecule has 0 unspecified atom stereocenters. The molecule has 2 rings (SSSR count). The molecule has 0 radical (unpaired) electrons. The van der Waals surface area contributed by atoms with Crippen LogP contribution in [0.2, 0.25) is 0 Å². The largest absolute Gasteiger partial charge is 0.493 e. The maximum atomic E-state index is 11.7. The summed E-state index contributed by atoms with van der Waals surface area (Å²) in [4.78, 5) is 13.6. The Morgan fingerprint density at radius 1 is 1.09 bits per heavy atom. The van der Waals surface area contributed by atoms with E-state index in [9.17, 15) is 4.79 Å². The van der Waals surface area contributed by atoms with Gasteiger partial charge in [0.15, 0.2) is 0 Å².